The highest BCUT2D eigenvalue weighted by atomic mass is 32.2. The number of hydrogen-bond acceptors (Lipinski definition) is 5. The maximum Gasteiger partial charge on any atom is 0.312 e. The Kier molecular flexibility index (Phi) is 4.90. The van der Waals surface area contributed by atoms with Gasteiger partial charge in [0.25, 0.3) is 0 Å². The summed E-state index contributed by atoms with van der Waals surface area (Å²) in [6, 6.07) is 9.29. The van der Waals surface area contributed by atoms with Gasteiger partial charge in [-0.1, -0.05) is 32.9 Å². The Morgan fingerprint density at radius 2 is 1.64 bits per heavy atom. The summed E-state index contributed by atoms with van der Waals surface area (Å²) < 4.78 is 28.9. The Labute approximate surface area is 147 Å². The molecule has 2 aromatic rings. The fourth-order valence-electron chi connectivity index (χ4n) is 2.31. The molecule has 0 unspecified atom stereocenters. The van der Waals surface area contributed by atoms with Crippen molar-refractivity contribution in [1.82, 2.24) is 0 Å². The van der Waals surface area contributed by atoms with Crippen LogP contribution < -0.4 is 4.74 Å². The Morgan fingerprint density at radius 3 is 2.12 bits per heavy atom. The molecule has 0 aromatic heterocycles. The maximum absolute atomic E-state index is 11.6. The third-order valence-electron chi connectivity index (χ3n) is 3.82. The number of ether oxygens (including phenoxy) is 1. The van der Waals surface area contributed by atoms with Gasteiger partial charge in [-0.3, -0.25) is 10.1 Å². The molecule has 6 nitrogen and oxygen atoms in total. The van der Waals surface area contributed by atoms with Crippen molar-refractivity contribution in [3.05, 3.63) is 57.6 Å². The van der Waals surface area contributed by atoms with Crippen LogP contribution in [0.5, 0.6) is 11.5 Å². The Bertz CT molecular complexity index is 927. The number of hydrogen-bond donors (Lipinski definition) is 0. The van der Waals surface area contributed by atoms with Gasteiger partial charge in [-0.2, -0.15) is 0 Å². The minimum atomic E-state index is -3.54. The summed E-state index contributed by atoms with van der Waals surface area (Å²) in [5.41, 5.74) is 1.56. The summed E-state index contributed by atoms with van der Waals surface area (Å²) >= 11 is 0. The molecule has 0 bridgehead atoms. The predicted molar refractivity (Wildman–Crippen MR) is 96.2 cm³/mol. The molecular formula is C18H21NO5S. The molecule has 7 heteroatoms. The zero-order valence-electron chi connectivity index (χ0n) is 14.9. The van der Waals surface area contributed by atoms with Crippen LogP contribution in [0.15, 0.2) is 41.3 Å². The number of rotatable bonds is 4. The summed E-state index contributed by atoms with van der Waals surface area (Å²) in [6.45, 7) is 8.15. The lowest BCUT2D eigenvalue weighted by Crippen LogP contribution is -2.11. The second kappa shape index (κ2) is 6.48. The molecule has 0 N–H and O–H groups in total. The first-order chi connectivity index (χ1) is 11.4. The van der Waals surface area contributed by atoms with Gasteiger partial charge in [0.15, 0.2) is 9.84 Å². The van der Waals surface area contributed by atoms with Crippen LogP contribution in [0.4, 0.5) is 5.69 Å². The van der Waals surface area contributed by atoms with Crippen LogP contribution in [0, 0.1) is 17.0 Å². The second-order valence-corrected chi connectivity index (χ2v) is 9.01. The van der Waals surface area contributed by atoms with Crippen molar-refractivity contribution in [3.8, 4) is 11.5 Å². The van der Waals surface area contributed by atoms with E-state index in [1.807, 2.05) is 19.1 Å². The molecule has 134 valence electrons. The second-order valence-electron chi connectivity index (χ2n) is 6.99. The molecule has 2 aromatic carbocycles. The van der Waals surface area contributed by atoms with Crippen LogP contribution in [-0.2, 0) is 15.3 Å². The first kappa shape index (κ1) is 18.9. The topological polar surface area (TPSA) is 86.5 Å². The van der Waals surface area contributed by atoms with Crippen LogP contribution in [0.1, 0.15) is 31.9 Å². The highest BCUT2D eigenvalue weighted by Gasteiger charge is 2.21. The molecule has 0 heterocycles. The summed E-state index contributed by atoms with van der Waals surface area (Å²) in [5.74, 6) is 0.493. The van der Waals surface area contributed by atoms with Crippen LogP contribution >= 0.6 is 0 Å². The van der Waals surface area contributed by atoms with Crippen molar-refractivity contribution < 1.29 is 18.1 Å². The Morgan fingerprint density at radius 1 is 1.04 bits per heavy atom. The maximum atomic E-state index is 11.6. The van der Waals surface area contributed by atoms with E-state index in [1.54, 1.807) is 6.07 Å². The van der Waals surface area contributed by atoms with E-state index in [9.17, 15) is 18.5 Å². The highest BCUT2D eigenvalue weighted by Crippen LogP contribution is 2.36. The van der Waals surface area contributed by atoms with Gasteiger partial charge in [0.1, 0.15) is 5.75 Å². The normalized spacial score (nSPS) is 12.0. The molecule has 25 heavy (non-hydrogen) atoms. The first-order valence-corrected chi connectivity index (χ1v) is 9.56. The van der Waals surface area contributed by atoms with Gasteiger partial charge < -0.3 is 4.74 Å². The van der Waals surface area contributed by atoms with Crippen molar-refractivity contribution >= 4 is 15.5 Å². The van der Waals surface area contributed by atoms with Crippen LogP contribution in [0.2, 0.25) is 0 Å². The summed E-state index contributed by atoms with van der Waals surface area (Å²) in [6.07, 6.45) is 1.00. The minimum absolute atomic E-state index is 0.00371. The molecule has 0 aliphatic rings. The number of nitro groups is 1. The predicted octanol–water partition coefficient (Wildman–Crippen LogP) is 4.40. The first-order valence-electron chi connectivity index (χ1n) is 7.67. The van der Waals surface area contributed by atoms with Crippen molar-refractivity contribution in [2.45, 2.75) is 38.0 Å². The fraction of sp³-hybridized carbons (Fsp3) is 0.333. The van der Waals surface area contributed by atoms with E-state index in [4.69, 9.17) is 4.74 Å². The van der Waals surface area contributed by atoms with E-state index in [-0.39, 0.29) is 21.7 Å². The van der Waals surface area contributed by atoms with Gasteiger partial charge in [-0.05, 0) is 41.7 Å². The average molecular weight is 363 g/mol. The molecule has 0 fully saturated rings. The molecule has 0 saturated heterocycles. The third-order valence-corrected chi connectivity index (χ3v) is 4.93. The van der Waals surface area contributed by atoms with Crippen LogP contribution in [-0.4, -0.2) is 19.6 Å². The average Bonchev–Trinajstić information content (AvgIpc) is 2.47. The van der Waals surface area contributed by atoms with E-state index < -0.39 is 14.8 Å². The van der Waals surface area contributed by atoms with Crippen molar-refractivity contribution in [2.75, 3.05) is 6.26 Å². The largest absolute Gasteiger partial charge is 0.450 e. The number of aryl methyl sites for hydroxylation is 1. The zero-order chi connectivity index (χ0) is 19.0. The lowest BCUT2D eigenvalue weighted by molar-refractivity contribution is -0.385. The van der Waals surface area contributed by atoms with Crippen LogP contribution in [0.3, 0.4) is 0 Å². The molecular weight excluding hydrogens is 342 g/mol. The van der Waals surface area contributed by atoms with Gasteiger partial charge in [0.2, 0.25) is 5.75 Å². The summed E-state index contributed by atoms with van der Waals surface area (Å²) in [5, 5.41) is 11.3. The molecule has 2 rings (SSSR count). The minimum Gasteiger partial charge on any atom is -0.450 e. The molecule has 0 radical (unpaired) electrons. The molecule has 0 amide bonds. The van der Waals surface area contributed by atoms with Gasteiger partial charge in [0.05, 0.1) is 9.82 Å². The van der Waals surface area contributed by atoms with E-state index in [1.165, 1.54) is 12.1 Å². The lowest BCUT2D eigenvalue weighted by Gasteiger charge is -2.20. The van der Waals surface area contributed by atoms with Gasteiger partial charge in [-0.25, -0.2) is 8.42 Å². The molecule has 0 atom stereocenters. The molecule has 0 saturated carbocycles. The van der Waals surface area contributed by atoms with E-state index in [2.05, 4.69) is 20.8 Å². The van der Waals surface area contributed by atoms with E-state index in [0.29, 0.717) is 5.75 Å². The molecule has 0 spiro atoms. The molecule has 0 aliphatic heterocycles. The smallest absolute Gasteiger partial charge is 0.312 e. The SMILES string of the molecule is Cc1cc(C(C)(C)C)ccc1Oc1ccc(S(C)(=O)=O)cc1[N+](=O)[O-]. The van der Waals surface area contributed by atoms with E-state index in [0.717, 1.165) is 23.4 Å². The van der Waals surface area contributed by atoms with Gasteiger partial charge >= 0.3 is 5.69 Å². The Hall–Kier alpha value is -2.41. The van der Waals surface area contributed by atoms with Crippen molar-refractivity contribution in [3.63, 3.8) is 0 Å². The number of nitrogens with zero attached hydrogens (tertiary/aromatic N) is 1. The van der Waals surface area contributed by atoms with Crippen molar-refractivity contribution in [2.24, 2.45) is 0 Å². The quantitative estimate of drug-likeness (QED) is 0.594. The van der Waals surface area contributed by atoms with Crippen molar-refractivity contribution in [1.29, 1.82) is 0 Å². The fourth-order valence-corrected chi connectivity index (χ4v) is 2.95. The number of nitro benzene ring substituents is 1. The highest BCUT2D eigenvalue weighted by molar-refractivity contribution is 7.90. The van der Waals surface area contributed by atoms with Gasteiger partial charge in [-0.15, -0.1) is 0 Å². The lowest BCUT2D eigenvalue weighted by atomic mass is 9.86. The summed E-state index contributed by atoms with van der Waals surface area (Å²) in [4.78, 5) is 10.5. The zero-order valence-corrected chi connectivity index (χ0v) is 15.7. The summed E-state index contributed by atoms with van der Waals surface area (Å²) in [7, 11) is -3.54. The monoisotopic (exact) mass is 363 g/mol. The third kappa shape index (κ3) is 4.36. The molecule has 0 aliphatic carbocycles. The number of sulfone groups is 1. The number of benzene rings is 2. The van der Waals surface area contributed by atoms with E-state index >= 15 is 0 Å². The standard InChI is InChI=1S/C18H21NO5S/c1-12-10-13(18(2,3)4)6-8-16(12)24-17-9-7-14(25(5,22)23)11-15(17)19(20)21/h6-11H,1-5H3. The van der Waals surface area contributed by atoms with Gasteiger partial charge in [0, 0.05) is 12.3 Å². The van der Waals surface area contributed by atoms with Crippen LogP contribution in [0.25, 0.3) is 0 Å². The Balaban J connectivity index is 2.45.